The van der Waals surface area contributed by atoms with Gasteiger partial charge >= 0.3 is 6.18 Å². The Morgan fingerprint density at radius 1 is 1.23 bits per heavy atom. The first-order chi connectivity index (χ1) is 10.1. The van der Waals surface area contributed by atoms with Crippen molar-refractivity contribution in [3.8, 4) is 0 Å². The van der Waals surface area contributed by atoms with E-state index in [-0.39, 0.29) is 6.54 Å². The average molecular weight is 346 g/mol. The average Bonchev–Trinajstić information content (AvgIpc) is 2.35. The van der Waals surface area contributed by atoms with Crippen molar-refractivity contribution in [2.75, 3.05) is 39.0 Å². The van der Waals surface area contributed by atoms with Crippen molar-refractivity contribution in [2.45, 2.75) is 32.9 Å². The molecule has 22 heavy (non-hydrogen) atoms. The number of nitrogens with zero attached hydrogens (tertiary/aromatic N) is 2. The van der Waals surface area contributed by atoms with E-state index < -0.39 is 22.6 Å². The van der Waals surface area contributed by atoms with Crippen molar-refractivity contribution in [3.05, 3.63) is 0 Å². The molecule has 0 saturated carbocycles. The van der Waals surface area contributed by atoms with Crippen molar-refractivity contribution < 1.29 is 21.6 Å². The molecule has 0 aromatic rings. The fraction of sp³-hybridized carbons (Fsp3) is 0.917. The second-order valence-corrected chi connectivity index (χ2v) is 6.64. The van der Waals surface area contributed by atoms with Crippen molar-refractivity contribution in [1.29, 1.82) is 0 Å². The summed E-state index contributed by atoms with van der Waals surface area (Å²) in [5.74, 6) is 0.300. The number of nitrogens with one attached hydrogen (secondary N) is 2. The first-order valence-electron chi connectivity index (χ1n) is 7.14. The zero-order valence-corrected chi connectivity index (χ0v) is 14.0. The van der Waals surface area contributed by atoms with Crippen LogP contribution in [0, 0.1) is 0 Å². The lowest BCUT2D eigenvalue weighted by Gasteiger charge is -2.17. The highest BCUT2D eigenvalue weighted by Crippen LogP contribution is 2.17. The molecule has 0 radical (unpaired) electrons. The summed E-state index contributed by atoms with van der Waals surface area (Å²) in [4.78, 5) is 4.13. The molecule has 0 aliphatic carbocycles. The van der Waals surface area contributed by atoms with Crippen LogP contribution >= 0.6 is 0 Å². The quantitative estimate of drug-likeness (QED) is 0.373. The standard InChI is InChI=1S/C12H25F3N4O2S/c1-4-16-11(18-9-7-12(13,14)15)17-8-6-10-19(5-2)22(3,20)21/h4-10H2,1-3H3,(H2,16,17,18). The third-order valence-corrected chi connectivity index (χ3v) is 4.08. The summed E-state index contributed by atoms with van der Waals surface area (Å²) in [5.41, 5.74) is 0. The fourth-order valence-electron chi connectivity index (χ4n) is 1.66. The van der Waals surface area contributed by atoms with E-state index >= 15 is 0 Å². The predicted molar refractivity (Wildman–Crippen MR) is 81.4 cm³/mol. The smallest absolute Gasteiger partial charge is 0.357 e. The summed E-state index contributed by atoms with van der Waals surface area (Å²) in [7, 11) is -3.23. The Labute approximate surface area is 130 Å². The number of halogens is 3. The van der Waals surface area contributed by atoms with E-state index in [1.165, 1.54) is 4.31 Å². The first kappa shape index (κ1) is 21.0. The molecule has 0 amide bonds. The maximum absolute atomic E-state index is 12.1. The van der Waals surface area contributed by atoms with Gasteiger partial charge in [-0.15, -0.1) is 0 Å². The third-order valence-electron chi connectivity index (χ3n) is 2.70. The lowest BCUT2D eigenvalue weighted by Crippen LogP contribution is -2.39. The Morgan fingerprint density at radius 2 is 1.86 bits per heavy atom. The molecule has 0 rings (SSSR count). The lowest BCUT2D eigenvalue weighted by molar-refractivity contribution is -0.132. The van der Waals surface area contributed by atoms with Gasteiger partial charge in [0.05, 0.1) is 12.7 Å². The van der Waals surface area contributed by atoms with Crippen LogP contribution in [0.3, 0.4) is 0 Å². The first-order valence-corrected chi connectivity index (χ1v) is 8.99. The number of hydrogen-bond donors (Lipinski definition) is 2. The Bertz CT molecular complexity index is 438. The zero-order valence-electron chi connectivity index (χ0n) is 13.2. The van der Waals surface area contributed by atoms with Crippen LogP contribution in [0.2, 0.25) is 0 Å². The molecule has 0 spiro atoms. The van der Waals surface area contributed by atoms with Gasteiger partial charge in [-0.05, 0) is 13.3 Å². The number of alkyl halides is 3. The minimum absolute atomic E-state index is 0.250. The van der Waals surface area contributed by atoms with E-state index in [0.717, 1.165) is 6.26 Å². The molecule has 0 aliphatic rings. The van der Waals surface area contributed by atoms with Gasteiger partial charge in [0.15, 0.2) is 5.96 Å². The van der Waals surface area contributed by atoms with Gasteiger partial charge in [-0.25, -0.2) is 12.7 Å². The van der Waals surface area contributed by atoms with Crippen LogP contribution in [-0.2, 0) is 10.0 Å². The van der Waals surface area contributed by atoms with E-state index in [9.17, 15) is 21.6 Å². The molecule has 0 unspecified atom stereocenters. The van der Waals surface area contributed by atoms with Crippen molar-refractivity contribution >= 4 is 16.0 Å². The molecule has 2 N–H and O–H groups in total. The number of rotatable bonds is 9. The minimum atomic E-state index is -4.21. The molecular weight excluding hydrogens is 321 g/mol. The topological polar surface area (TPSA) is 73.8 Å². The maximum Gasteiger partial charge on any atom is 0.390 e. The molecule has 0 bridgehead atoms. The summed E-state index contributed by atoms with van der Waals surface area (Å²) in [5, 5.41) is 5.44. The highest BCUT2D eigenvalue weighted by molar-refractivity contribution is 7.88. The minimum Gasteiger partial charge on any atom is -0.357 e. The van der Waals surface area contributed by atoms with Gasteiger partial charge in [0.25, 0.3) is 0 Å². The summed E-state index contributed by atoms with van der Waals surface area (Å²) in [6, 6.07) is 0. The molecule has 0 atom stereocenters. The van der Waals surface area contributed by atoms with E-state index in [4.69, 9.17) is 0 Å². The van der Waals surface area contributed by atoms with Crippen LogP contribution in [0.5, 0.6) is 0 Å². The van der Waals surface area contributed by atoms with Gasteiger partial charge in [-0.1, -0.05) is 6.92 Å². The van der Waals surface area contributed by atoms with Gasteiger partial charge in [0.2, 0.25) is 10.0 Å². The van der Waals surface area contributed by atoms with Crippen LogP contribution in [0.4, 0.5) is 13.2 Å². The van der Waals surface area contributed by atoms with Crippen LogP contribution in [-0.4, -0.2) is 63.8 Å². The van der Waals surface area contributed by atoms with E-state index in [2.05, 4.69) is 15.6 Å². The van der Waals surface area contributed by atoms with Gasteiger partial charge in [-0.2, -0.15) is 13.2 Å². The lowest BCUT2D eigenvalue weighted by atomic mass is 10.4. The monoisotopic (exact) mass is 346 g/mol. The Balaban J connectivity index is 4.27. The number of hydrogen-bond acceptors (Lipinski definition) is 3. The second-order valence-electron chi connectivity index (χ2n) is 4.66. The SMILES string of the molecule is CCNC(=NCCCN(CC)S(C)(=O)=O)NCCC(F)(F)F. The normalized spacial score (nSPS) is 13.5. The van der Waals surface area contributed by atoms with Crippen molar-refractivity contribution in [1.82, 2.24) is 14.9 Å². The zero-order chi connectivity index (χ0) is 17.2. The Morgan fingerprint density at radius 3 is 2.32 bits per heavy atom. The van der Waals surface area contributed by atoms with Crippen molar-refractivity contribution in [2.24, 2.45) is 4.99 Å². The van der Waals surface area contributed by atoms with Crippen LogP contribution in [0.1, 0.15) is 26.7 Å². The summed E-state index contributed by atoms with van der Waals surface area (Å²) in [6.45, 7) is 4.87. The molecule has 132 valence electrons. The Hall–Kier alpha value is -1.03. The summed E-state index contributed by atoms with van der Waals surface area (Å²) >= 11 is 0. The van der Waals surface area contributed by atoms with Gasteiger partial charge in [0, 0.05) is 32.7 Å². The summed E-state index contributed by atoms with van der Waals surface area (Å²) in [6.07, 6.45) is -3.50. The molecule has 0 fully saturated rings. The molecule has 0 aromatic heterocycles. The molecule has 10 heteroatoms. The molecule has 0 aliphatic heterocycles. The van der Waals surface area contributed by atoms with Gasteiger partial charge in [0.1, 0.15) is 0 Å². The number of guanidine groups is 1. The van der Waals surface area contributed by atoms with Crippen LogP contribution in [0.15, 0.2) is 4.99 Å². The largest absolute Gasteiger partial charge is 0.390 e. The van der Waals surface area contributed by atoms with E-state index in [1.807, 2.05) is 6.92 Å². The number of aliphatic imine (C=N–C) groups is 1. The van der Waals surface area contributed by atoms with E-state index in [0.29, 0.717) is 38.6 Å². The highest BCUT2D eigenvalue weighted by Gasteiger charge is 2.26. The van der Waals surface area contributed by atoms with Crippen LogP contribution < -0.4 is 10.6 Å². The molecule has 0 saturated heterocycles. The highest BCUT2D eigenvalue weighted by atomic mass is 32.2. The third kappa shape index (κ3) is 10.7. The fourth-order valence-corrected chi connectivity index (χ4v) is 2.59. The maximum atomic E-state index is 12.1. The molecule has 6 nitrogen and oxygen atoms in total. The summed E-state index contributed by atoms with van der Waals surface area (Å²) < 4.78 is 60.3. The van der Waals surface area contributed by atoms with E-state index in [1.54, 1.807) is 6.92 Å². The van der Waals surface area contributed by atoms with Gasteiger partial charge < -0.3 is 10.6 Å². The Kier molecular flexibility index (Phi) is 9.42. The second kappa shape index (κ2) is 9.88. The molecule has 0 aromatic carbocycles. The molecule has 0 heterocycles. The molecular formula is C12H25F3N4O2S. The van der Waals surface area contributed by atoms with Gasteiger partial charge in [-0.3, -0.25) is 4.99 Å². The van der Waals surface area contributed by atoms with Crippen LogP contribution in [0.25, 0.3) is 0 Å². The number of sulfonamides is 1. The van der Waals surface area contributed by atoms with Crippen molar-refractivity contribution in [3.63, 3.8) is 0 Å². The predicted octanol–water partition coefficient (Wildman–Crippen LogP) is 1.17.